The first-order chi connectivity index (χ1) is 7.24. The van der Waals surface area contributed by atoms with Crippen molar-refractivity contribution in [1.82, 2.24) is 5.32 Å². The van der Waals surface area contributed by atoms with Crippen LogP contribution in [0.25, 0.3) is 0 Å². The molecule has 4 heteroatoms. The molecule has 0 saturated heterocycles. The van der Waals surface area contributed by atoms with E-state index in [0.717, 1.165) is 12.8 Å². The van der Waals surface area contributed by atoms with Gasteiger partial charge in [0.25, 0.3) is 0 Å². The zero-order valence-electron chi connectivity index (χ0n) is 9.37. The van der Waals surface area contributed by atoms with Crippen LogP contribution in [0, 0.1) is 0 Å². The minimum absolute atomic E-state index is 0.277. The third-order valence-corrected chi connectivity index (χ3v) is 2.80. The smallest absolute Gasteiger partial charge is 0.323 e. The third-order valence-electron chi connectivity index (χ3n) is 2.80. The Balaban J connectivity index is 2.22. The topological polar surface area (TPSA) is 58.6 Å². The molecule has 2 N–H and O–H groups in total. The second kappa shape index (κ2) is 6.80. The van der Waals surface area contributed by atoms with Crippen molar-refractivity contribution in [3.05, 3.63) is 0 Å². The van der Waals surface area contributed by atoms with Gasteiger partial charge in [-0.3, -0.25) is 4.79 Å². The number of hydrogen-bond acceptors (Lipinski definition) is 3. The summed E-state index contributed by atoms with van der Waals surface area (Å²) in [5.74, 6) is -0.826. The molecular formula is C11H21NO3. The molecule has 0 bridgehead atoms. The van der Waals surface area contributed by atoms with Gasteiger partial charge in [-0.2, -0.15) is 0 Å². The number of likely N-dealkylation sites (N-methyl/N-ethyl adjacent to an activating group) is 1. The quantitative estimate of drug-likeness (QED) is 0.703. The highest BCUT2D eigenvalue weighted by Crippen LogP contribution is 2.20. The standard InChI is InChI=1S/C11H21NO3/c1-2-12-10(11(13)14)8-15-9-6-4-3-5-7-9/h9-10,12H,2-8H2,1H3,(H,13,14). The zero-order chi connectivity index (χ0) is 11.1. The summed E-state index contributed by atoms with van der Waals surface area (Å²) >= 11 is 0. The highest BCUT2D eigenvalue weighted by atomic mass is 16.5. The summed E-state index contributed by atoms with van der Waals surface area (Å²) in [6, 6.07) is -0.558. The minimum Gasteiger partial charge on any atom is -0.480 e. The number of hydrogen-bond donors (Lipinski definition) is 2. The van der Waals surface area contributed by atoms with Gasteiger partial charge in [0.2, 0.25) is 0 Å². The Bertz CT molecular complexity index is 190. The Labute approximate surface area is 91.0 Å². The normalized spacial score (nSPS) is 20.1. The molecule has 0 spiro atoms. The van der Waals surface area contributed by atoms with Crippen molar-refractivity contribution in [2.45, 2.75) is 51.2 Å². The van der Waals surface area contributed by atoms with Crippen molar-refractivity contribution in [3.8, 4) is 0 Å². The van der Waals surface area contributed by atoms with Gasteiger partial charge in [-0.25, -0.2) is 0 Å². The lowest BCUT2D eigenvalue weighted by Gasteiger charge is -2.23. The first kappa shape index (κ1) is 12.5. The van der Waals surface area contributed by atoms with Crippen molar-refractivity contribution in [2.24, 2.45) is 0 Å². The van der Waals surface area contributed by atoms with Gasteiger partial charge in [-0.15, -0.1) is 0 Å². The number of carbonyl (C=O) groups is 1. The highest BCUT2D eigenvalue weighted by Gasteiger charge is 2.20. The lowest BCUT2D eigenvalue weighted by Crippen LogP contribution is -2.41. The minimum atomic E-state index is -0.826. The predicted molar refractivity (Wildman–Crippen MR) is 57.9 cm³/mol. The van der Waals surface area contributed by atoms with Gasteiger partial charge in [-0.05, 0) is 19.4 Å². The first-order valence-electron chi connectivity index (χ1n) is 5.81. The van der Waals surface area contributed by atoms with Crippen molar-refractivity contribution in [1.29, 1.82) is 0 Å². The largest absolute Gasteiger partial charge is 0.480 e. The van der Waals surface area contributed by atoms with E-state index in [1.807, 2.05) is 6.92 Å². The Morgan fingerprint density at radius 2 is 2.13 bits per heavy atom. The van der Waals surface area contributed by atoms with Crippen molar-refractivity contribution in [3.63, 3.8) is 0 Å². The van der Waals surface area contributed by atoms with Gasteiger partial charge >= 0.3 is 5.97 Å². The fraction of sp³-hybridized carbons (Fsp3) is 0.909. The van der Waals surface area contributed by atoms with E-state index < -0.39 is 12.0 Å². The van der Waals surface area contributed by atoms with Crippen LogP contribution in [0.5, 0.6) is 0 Å². The van der Waals surface area contributed by atoms with Crippen LogP contribution in [-0.4, -0.2) is 36.4 Å². The summed E-state index contributed by atoms with van der Waals surface area (Å²) < 4.78 is 5.62. The average Bonchev–Trinajstić information content (AvgIpc) is 2.25. The lowest BCUT2D eigenvalue weighted by atomic mass is 9.98. The molecule has 1 rings (SSSR count). The fourth-order valence-corrected chi connectivity index (χ4v) is 1.93. The molecule has 1 aliphatic carbocycles. The summed E-state index contributed by atoms with van der Waals surface area (Å²) in [6.07, 6.45) is 6.15. The lowest BCUT2D eigenvalue weighted by molar-refractivity contribution is -0.142. The number of rotatable bonds is 6. The predicted octanol–water partition coefficient (Wildman–Crippen LogP) is 1.40. The van der Waals surface area contributed by atoms with Crippen molar-refractivity contribution < 1.29 is 14.6 Å². The van der Waals surface area contributed by atoms with Crippen molar-refractivity contribution >= 4 is 5.97 Å². The number of ether oxygens (including phenoxy) is 1. The molecule has 4 nitrogen and oxygen atoms in total. The molecule has 0 aromatic carbocycles. The summed E-state index contributed by atoms with van der Waals surface area (Å²) in [6.45, 7) is 2.84. The molecule has 1 atom stereocenters. The van der Waals surface area contributed by atoms with E-state index in [4.69, 9.17) is 9.84 Å². The van der Waals surface area contributed by atoms with Crippen LogP contribution in [0.1, 0.15) is 39.0 Å². The highest BCUT2D eigenvalue weighted by molar-refractivity contribution is 5.73. The Hall–Kier alpha value is -0.610. The van der Waals surface area contributed by atoms with Crippen LogP contribution in [0.4, 0.5) is 0 Å². The number of aliphatic carboxylic acids is 1. The fourth-order valence-electron chi connectivity index (χ4n) is 1.93. The van der Waals surface area contributed by atoms with Gasteiger partial charge in [0.1, 0.15) is 6.04 Å². The van der Waals surface area contributed by atoms with Crippen LogP contribution in [0.15, 0.2) is 0 Å². The Morgan fingerprint density at radius 1 is 1.47 bits per heavy atom. The van der Waals surface area contributed by atoms with E-state index in [0.29, 0.717) is 6.54 Å². The number of carboxylic acids is 1. The van der Waals surface area contributed by atoms with Crippen LogP contribution >= 0.6 is 0 Å². The molecule has 0 aromatic rings. The van der Waals surface area contributed by atoms with Crippen LogP contribution in [0.2, 0.25) is 0 Å². The SMILES string of the molecule is CCNC(COC1CCCCC1)C(=O)O. The monoisotopic (exact) mass is 215 g/mol. The van der Waals surface area contributed by atoms with E-state index in [2.05, 4.69) is 5.32 Å². The summed E-state index contributed by atoms with van der Waals surface area (Å²) in [5, 5.41) is 11.8. The molecule has 0 heterocycles. The summed E-state index contributed by atoms with van der Waals surface area (Å²) in [7, 11) is 0. The van der Waals surface area contributed by atoms with Gasteiger partial charge in [-0.1, -0.05) is 26.2 Å². The zero-order valence-corrected chi connectivity index (χ0v) is 9.37. The summed E-state index contributed by atoms with van der Waals surface area (Å²) in [5.41, 5.74) is 0. The van der Waals surface area contributed by atoms with Gasteiger partial charge in [0.05, 0.1) is 12.7 Å². The van der Waals surface area contributed by atoms with E-state index in [9.17, 15) is 4.79 Å². The molecule has 0 radical (unpaired) electrons. The average molecular weight is 215 g/mol. The van der Waals surface area contributed by atoms with Crippen LogP contribution < -0.4 is 5.32 Å². The Kier molecular flexibility index (Phi) is 5.65. The molecule has 1 aliphatic rings. The molecular weight excluding hydrogens is 194 g/mol. The summed E-state index contributed by atoms with van der Waals surface area (Å²) in [4.78, 5) is 10.8. The van der Waals surface area contributed by atoms with E-state index in [1.165, 1.54) is 19.3 Å². The van der Waals surface area contributed by atoms with Gasteiger partial charge in [0, 0.05) is 0 Å². The molecule has 0 aromatic heterocycles. The molecule has 88 valence electrons. The molecule has 1 saturated carbocycles. The maximum atomic E-state index is 10.8. The maximum absolute atomic E-state index is 10.8. The molecule has 15 heavy (non-hydrogen) atoms. The van der Waals surface area contributed by atoms with Crippen LogP contribution in [0.3, 0.4) is 0 Å². The van der Waals surface area contributed by atoms with Gasteiger partial charge < -0.3 is 15.2 Å². The molecule has 1 fully saturated rings. The van der Waals surface area contributed by atoms with E-state index in [1.54, 1.807) is 0 Å². The maximum Gasteiger partial charge on any atom is 0.323 e. The second-order valence-corrected chi connectivity index (χ2v) is 4.04. The van der Waals surface area contributed by atoms with Crippen molar-refractivity contribution in [2.75, 3.05) is 13.2 Å². The first-order valence-corrected chi connectivity index (χ1v) is 5.81. The molecule has 1 unspecified atom stereocenters. The Morgan fingerprint density at radius 3 is 2.67 bits per heavy atom. The number of nitrogens with one attached hydrogen (secondary N) is 1. The van der Waals surface area contributed by atoms with Crippen LogP contribution in [-0.2, 0) is 9.53 Å². The van der Waals surface area contributed by atoms with Gasteiger partial charge in [0.15, 0.2) is 0 Å². The van der Waals surface area contributed by atoms with E-state index in [-0.39, 0.29) is 12.7 Å². The third kappa shape index (κ3) is 4.62. The molecule has 0 aliphatic heterocycles. The molecule has 0 amide bonds. The second-order valence-electron chi connectivity index (χ2n) is 4.04. The van der Waals surface area contributed by atoms with E-state index >= 15 is 0 Å². The number of carboxylic acid groups (broad SMARTS) is 1.